The van der Waals surface area contributed by atoms with Gasteiger partial charge in [0.05, 0.1) is 10.5 Å². The molecule has 2 N–H and O–H groups in total. The fourth-order valence-corrected chi connectivity index (χ4v) is 5.13. The van der Waals surface area contributed by atoms with Crippen molar-refractivity contribution in [3.8, 4) is 0 Å². The van der Waals surface area contributed by atoms with Crippen LogP contribution in [0.5, 0.6) is 0 Å². The zero-order valence-electron chi connectivity index (χ0n) is 16.2. The van der Waals surface area contributed by atoms with Crippen molar-refractivity contribution < 1.29 is 17.6 Å². The molecule has 0 bridgehead atoms. The van der Waals surface area contributed by atoms with Crippen LogP contribution in [0.3, 0.4) is 0 Å². The van der Waals surface area contributed by atoms with E-state index in [1.54, 1.807) is 19.1 Å². The van der Waals surface area contributed by atoms with E-state index in [1.807, 2.05) is 23.9 Å². The molecule has 2 aromatic rings. The number of nitrogens with zero attached hydrogens (tertiary/aromatic N) is 1. The van der Waals surface area contributed by atoms with Crippen molar-refractivity contribution in [1.29, 1.82) is 0 Å². The van der Waals surface area contributed by atoms with Gasteiger partial charge in [-0.15, -0.1) is 0 Å². The van der Waals surface area contributed by atoms with Gasteiger partial charge < -0.3 is 5.32 Å². The fourth-order valence-electron chi connectivity index (χ4n) is 3.09. The minimum absolute atomic E-state index is 0.148. The number of carbonyl (C=O) groups excluding carboxylic acids is 1. The second-order valence-electron chi connectivity index (χ2n) is 6.64. The van der Waals surface area contributed by atoms with Gasteiger partial charge in [0.25, 0.3) is 5.91 Å². The van der Waals surface area contributed by atoms with Gasteiger partial charge in [-0.1, -0.05) is 25.1 Å². The third-order valence-corrected chi connectivity index (χ3v) is 7.08. The van der Waals surface area contributed by atoms with Crippen LogP contribution in [0.2, 0.25) is 0 Å². The minimum Gasteiger partial charge on any atom is -0.322 e. The van der Waals surface area contributed by atoms with E-state index in [2.05, 4.69) is 14.9 Å². The maximum absolute atomic E-state index is 14.3. The van der Waals surface area contributed by atoms with Crippen molar-refractivity contribution in [2.45, 2.75) is 18.4 Å². The van der Waals surface area contributed by atoms with Gasteiger partial charge in [0.1, 0.15) is 5.82 Å². The van der Waals surface area contributed by atoms with Crippen LogP contribution in [0.1, 0.15) is 22.8 Å². The average molecular weight is 438 g/mol. The number of hydrogen-bond acceptors (Lipinski definition) is 5. The van der Waals surface area contributed by atoms with Crippen molar-refractivity contribution >= 4 is 33.4 Å². The molecule has 29 heavy (non-hydrogen) atoms. The molecular weight excluding hydrogens is 413 g/mol. The molecule has 1 saturated heterocycles. The molecule has 0 saturated carbocycles. The Balaban J connectivity index is 1.82. The van der Waals surface area contributed by atoms with Crippen LogP contribution in [0.15, 0.2) is 47.4 Å². The third kappa shape index (κ3) is 5.57. The summed E-state index contributed by atoms with van der Waals surface area (Å²) in [6.45, 7) is 4.49. The van der Waals surface area contributed by atoms with Crippen molar-refractivity contribution in [2.24, 2.45) is 0 Å². The highest BCUT2D eigenvalue weighted by molar-refractivity contribution is 7.99. The Labute approximate surface area is 174 Å². The molecule has 0 radical (unpaired) electrons. The molecule has 0 aromatic heterocycles. The molecule has 0 aliphatic carbocycles. The van der Waals surface area contributed by atoms with Crippen LogP contribution in [0, 0.1) is 5.82 Å². The SMILES string of the molecule is CCNS(=O)(=O)c1ccc(F)c(C(=O)Nc2ccccc2CN2CCSCC2)c1. The molecule has 0 atom stereocenters. The summed E-state index contributed by atoms with van der Waals surface area (Å²) in [5, 5.41) is 2.74. The van der Waals surface area contributed by atoms with Crippen molar-refractivity contribution in [3.05, 3.63) is 59.4 Å². The molecule has 1 aliphatic rings. The van der Waals surface area contributed by atoms with E-state index in [1.165, 1.54) is 0 Å². The summed E-state index contributed by atoms with van der Waals surface area (Å²) in [5.74, 6) is 0.695. The van der Waals surface area contributed by atoms with E-state index in [9.17, 15) is 17.6 Å². The van der Waals surface area contributed by atoms with E-state index >= 15 is 0 Å². The summed E-state index contributed by atoms with van der Waals surface area (Å²) in [7, 11) is -3.79. The number of halogens is 1. The van der Waals surface area contributed by atoms with E-state index in [-0.39, 0.29) is 17.0 Å². The summed E-state index contributed by atoms with van der Waals surface area (Å²) < 4.78 is 41.0. The number of carbonyl (C=O) groups is 1. The second-order valence-corrected chi connectivity index (χ2v) is 9.63. The lowest BCUT2D eigenvalue weighted by molar-refractivity contribution is 0.102. The topological polar surface area (TPSA) is 78.5 Å². The molecule has 1 heterocycles. The molecule has 0 spiro atoms. The molecule has 1 aliphatic heterocycles. The zero-order valence-corrected chi connectivity index (χ0v) is 17.8. The van der Waals surface area contributed by atoms with Gasteiger partial charge in [-0.25, -0.2) is 17.5 Å². The van der Waals surface area contributed by atoms with Gasteiger partial charge in [0.15, 0.2) is 0 Å². The number of benzene rings is 2. The largest absolute Gasteiger partial charge is 0.322 e. The van der Waals surface area contributed by atoms with Crippen molar-refractivity contribution in [2.75, 3.05) is 36.5 Å². The molecule has 2 aromatic carbocycles. The molecule has 3 rings (SSSR count). The first kappa shape index (κ1) is 21.8. The number of amides is 1. The van der Waals surface area contributed by atoms with E-state index in [0.29, 0.717) is 12.2 Å². The van der Waals surface area contributed by atoms with Crippen molar-refractivity contribution in [1.82, 2.24) is 9.62 Å². The first-order chi connectivity index (χ1) is 13.9. The molecule has 156 valence electrons. The molecule has 6 nitrogen and oxygen atoms in total. The zero-order chi connectivity index (χ0) is 20.9. The summed E-state index contributed by atoms with van der Waals surface area (Å²) in [5.41, 5.74) is 1.22. The normalized spacial score (nSPS) is 15.2. The number of nitrogens with one attached hydrogen (secondary N) is 2. The Hall–Kier alpha value is -1.94. The number of anilines is 1. The van der Waals surface area contributed by atoms with E-state index in [4.69, 9.17) is 0 Å². The van der Waals surface area contributed by atoms with Crippen LogP contribution >= 0.6 is 11.8 Å². The smallest absolute Gasteiger partial charge is 0.258 e. The predicted octanol–water partition coefficient (Wildman–Crippen LogP) is 2.93. The van der Waals surface area contributed by atoms with Crippen LogP contribution in [0.4, 0.5) is 10.1 Å². The fraction of sp³-hybridized carbons (Fsp3) is 0.350. The predicted molar refractivity (Wildman–Crippen MR) is 114 cm³/mol. The Morgan fingerprint density at radius 1 is 1.17 bits per heavy atom. The summed E-state index contributed by atoms with van der Waals surface area (Å²) >= 11 is 1.92. The Morgan fingerprint density at radius 2 is 1.90 bits per heavy atom. The maximum atomic E-state index is 14.3. The quantitative estimate of drug-likeness (QED) is 0.696. The van der Waals surface area contributed by atoms with Gasteiger partial charge >= 0.3 is 0 Å². The highest BCUT2D eigenvalue weighted by Crippen LogP contribution is 2.22. The van der Waals surface area contributed by atoms with Crippen LogP contribution in [0.25, 0.3) is 0 Å². The number of thioether (sulfide) groups is 1. The monoisotopic (exact) mass is 437 g/mol. The third-order valence-electron chi connectivity index (χ3n) is 4.59. The molecule has 0 unspecified atom stereocenters. The first-order valence-corrected chi connectivity index (χ1v) is 12.0. The van der Waals surface area contributed by atoms with Gasteiger partial charge in [-0.2, -0.15) is 11.8 Å². The van der Waals surface area contributed by atoms with E-state index < -0.39 is 21.7 Å². The molecule has 1 fully saturated rings. The molecule has 1 amide bonds. The van der Waals surface area contributed by atoms with Crippen LogP contribution < -0.4 is 10.0 Å². The van der Waals surface area contributed by atoms with Gasteiger partial charge in [-0.3, -0.25) is 9.69 Å². The highest BCUT2D eigenvalue weighted by Gasteiger charge is 2.20. The summed E-state index contributed by atoms with van der Waals surface area (Å²) in [6, 6.07) is 10.6. The molecular formula is C20H24FN3O3S2. The second kappa shape index (κ2) is 9.71. The lowest BCUT2D eigenvalue weighted by atomic mass is 10.1. The first-order valence-electron chi connectivity index (χ1n) is 9.39. The lowest BCUT2D eigenvalue weighted by Crippen LogP contribution is -2.32. The lowest BCUT2D eigenvalue weighted by Gasteiger charge is -2.27. The minimum atomic E-state index is -3.79. The Bertz CT molecular complexity index is 977. The number of para-hydroxylation sites is 1. The number of rotatable bonds is 7. The standard InChI is InChI=1S/C20H24FN3O3S2/c1-2-22-29(26,27)16-7-8-18(21)17(13-16)20(25)23-19-6-4-3-5-15(19)14-24-9-11-28-12-10-24/h3-8,13,22H,2,9-12,14H2,1H3,(H,23,25). The highest BCUT2D eigenvalue weighted by atomic mass is 32.2. The Kier molecular flexibility index (Phi) is 7.28. The van der Waals surface area contributed by atoms with Gasteiger partial charge in [0, 0.05) is 43.4 Å². The number of sulfonamides is 1. The van der Waals surface area contributed by atoms with Crippen LogP contribution in [-0.2, 0) is 16.6 Å². The summed E-state index contributed by atoms with van der Waals surface area (Å²) in [6.07, 6.45) is 0. The van der Waals surface area contributed by atoms with Crippen LogP contribution in [-0.4, -0.2) is 50.4 Å². The van der Waals surface area contributed by atoms with Crippen molar-refractivity contribution in [3.63, 3.8) is 0 Å². The van der Waals surface area contributed by atoms with E-state index in [0.717, 1.165) is 48.4 Å². The maximum Gasteiger partial charge on any atom is 0.258 e. The van der Waals surface area contributed by atoms with Gasteiger partial charge in [0.2, 0.25) is 10.0 Å². The molecule has 9 heteroatoms. The summed E-state index contributed by atoms with van der Waals surface area (Å²) in [4.78, 5) is 14.9. The Morgan fingerprint density at radius 3 is 2.62 bits per heavy atom. The number of hydrogen-bond donors (Lipinski definition) is 2. The van der Waals surface area contributed by atoms with Gasteiger partial charge in [-0.05, 0) is 29.8 Å². The average Bonchev–Trinajstić information content (AvgIpc) is 2.70.